The second-order valence-corrected chi connectivity index (χ2v) is 6.85. The second kappa shape index (κ2) is 9.93. The van der Waals surface area contributed by atoms with Gasteiger partial charge in [-0.3, -0.25) is 0 Å². The van der Waals surface area contributed by atoms with Crippen LogP contribution in [0.5, 0.6) is 5.88 Å². The molecule has 3 rings (SSSR count). The van der Waals surface area contributed by atoms with Crippen molar-refractivity contribution >= 4 is 17.2 Å². The van der Waals surface area contributed by atoms with Gasteiger partial charge in [0.1, 0.15) is 12.2 Å². The van der Waals surface area contributed by atoms with Crippen LogP contribution in [0, 0.1) is 0 Å². The first-order valence-electron chi connectivity index (χ1n) is 9.54. The van der Waals surface area contributed by atoms with Crippen LogP contribution in [0.1, 0.15) is 11.1 Å². The van der Waals surface area contributed by atoms with Gasteiger partial charge in [0.05, 0.1) is 32.4 Å². The van der Waals surface area contributed by atoms with Gasteiger partial charge in [0.25, 0.3) is 0 Å². The minimum Gasteiger partial charge on any atom is -0.503 e. The lowest BCUT2D eigenvalue weighted by Gasteiger charge is -2.33. The molecule has 2 heterocycles. The summed E-state index contributed by atoms with van der Waals surface area (Å²) < 4.78 is 15.8. The Morgan fingerprint density at radius 1 is 1.10 bits per heavy atom. The Morgan fingerprint density at radius 2 is 1.86 bits per heavy atom. The summed E-state index contributed by atoms with van der Waals surface area (Å²) >= 11 is 0. The average Bonchev–Trinajstić information content (AvgIpc) is 2.77. The monoisotopic (exact) mass is 397 g/mol. The van der Waals surface area contributed by atoms with E-state index in [0.717, 1.165) is 37.4 Å². The zero-order valence-electron chi connectivity index (χ0n) is 17.1. The van der Waals surface area contributed by atoms with Gasteiger partial charge >= 0.3 is 5.97 Å². The zero-order chi connectivity index (χ0) is 20.6. The Kier molecular flexibility index (Phi) is 7.08. The van der Waals surface area contributed by atoms with E-state index in [9.17, 15) is 4.79 Å². The zero-order valence-corrected chi connectivity index (χ0v) is 17.1. The van der Waals surface area contributed by atoms with Gasteiger partial charge in [-0.05, 0) is 24.2 Å². The molecule has 0 unspecified atom stereocenters. The smallest absolute Gasteiger partial charge is 0.341 e. The number of piperazine rings is 1. The summed E-state index contributed by atoms with van der Waals surface area (Å²) in [6.07, 6.45) is 3.23. The molecule has 2 aromatic rings. The molecule has 7 heteroatoms. The van der Waals surface area contributed by atoms with E-state index in [-0.39, 0.29) is 6.61 Å². The predicted octanol–water partition coefficient (Wildman–Crippen LogP) is 2.57. The van der Waals surface area contributed by atoms with Crippen LogP contribution in [0.2, 0.25) is 0 Å². The maximum absolute atomic E-state index is 12.1. The summed E-state index contributed by atoms with van der Waals surface area (Å²) in [7, 11) is 4.97. The number of anilines is 1. The molecule has 0 N–H and O–H groups in total. The van der Waals surface area contributed by atoms with Crippen LogP contribution in [-0.4, -0.2) is 63.3 Å². The fraction of sp³-hybridized carbons (Fsp3) is 0.364. The van der Waals surface area contributed by atoms with Crippen molar-refractivity contribution in [1.29, 1.82) is 0 Å². The largest absolute Gasteiger partial charge is 0.503 e. The maximum Gasteiger partial charge on any atom is 0.341 e. The molecule has 0 spiro atoms. The van der Waals surface area contributed by atoms with Gasteiger partial charge in [-0.1, -0.05) is 24.3 Å². The fourth-order valence-electron chi connectivity index (χ4n) is 3.22. The molecular weight excluding hydrogens is 370 g/mol. The van der Waals surface area contributed by atoms with Crippen LogP contribution in [0.4, 0.5) is 5.69 Å². The lowest BCUT2D eigenvalue weighted by molar-refractivity contribution is -0.133. The third-order valence-corrected chi connectivity index (χ3v) is 4.91. The minimum atomic E-state index is -0.464. The number of pyridine rings is 1. The van der Waals surface area contributed by atoms with Crippen LogP contribution in [0.25, 0.3) is 5.57 Å². The normalized spacial score (nSPS) is 15.1. The molecular formula is C22H27N3O4. The molecule has 1 saturated heterocycles. The highest BCUT2D eigenvalue weighted by molar-refractivity contribution is 6.16. The molecule has 1 aliphatic rings. The number of nitrogens with zero attached hydrogens (tertiary/aromatic N) is 3. The number of rotatable bonds is 7. The Hall–Kier alpha value is -3.06. The van der Waals surface area contributed by atoms with Crippen molar-refractivity contribution < 1.29 is 19.0 Å². The summed E-state index contributed by atoms with van der Waals surface area (Å²) in [6.45, 7) is 4.36. The van der Waals surface area contributed by atoms with E-state index >= 15 is 0 Å². The average molecular weight is 397 g/mol. The molecule has 1 aromatic carbocycles. The maximum atomic E-state index is 12.1. The number of methoxy groups -OCH3 is 2. The third kappa shape index (κ3) is 5.26. The lowest BCUT2D eigenvalue weighted by Crippen LogP contribution is -2.44. The number of ether oxygens (including phenoxy) is 3. The first-order valence-corrected chi connectivity index (χ1v) is 9.54. The van der Waals surface area contributed by atoms with Gasteiger partial charge in [-0.25, -0.2) is 9.78 Å². The topological polar surface area (TPSA) is 64.1 Å². The van der Waals surface area contributed by atoms with Gasteiger partial charge in [0, 0.05) is 32.2 Å². The summed E-state index contributed by atoms with van der Waals surface area (Å²) in [5.41, 5.74) is 2.98. The number of carbonyl (C=O) groups excluding carboxylic acids is 1. The van der Waals surface area contributed by atoms with Crippen molar-refractivity contribution in [2.45, 2.75) is 6.61 Å². The molecule has 29 heavy (non-hydrogen) atoms. The Labute approximate surface area is 171 Å². The molecule has 1 fully saturated rings. The van der Waals surface area contributed by atoms with E-state index in [4.69, 9.17) is 14.2 Å². The molecule has 1 aromatic heterocycles. The summed E-state index contributed by atoms with van der Waals surface area (Å²) in [5, 5.41) is 0. The van der Waals surface area contributed by atoms with Crippen LogP contribution in [0.3, 0.4) is 0 Å². The number of aromatic nitrogens is 1. The Morgan fingerprint density at radius 3 is 2.52 bits per heavy atom. The SMILES string of the molecule is COC=C(C(=O)OC)c1ccccc1COc1ccc(N2CCN(C)CC2)cn1. The van der Waals surface area contributed by atoms with E-state index < -0.39 is 5.97 Å². The van der Waals surface area contributed by atoms with Crippen molar-refractivity contribution in [3.63, 3.8) is 0 Å². The summed E-state index contributed by atoms with van der Waals surface area (Å²) in [5.74, 6) is 0.0713. The minimum absolute atomic E-state index is 0.273. The van der Waals surface area contributed by atoms with Crippen LogP contribution in [0.15, 0.2) is 48.9 Å². The molecule has 0 amide bonds. The number of likely N-dealkylation sites (N-methyl/N-ethyl adjacent to an activating group) is 1. The molecule has 1 aliphatic heterocycles. The van der Waals surface area contributed by atoms with Crippen molar-refractivity contribution in [2.24, 2.45) is 0 Å². The van der Waals surface area contributed by atoms with Gasteiger partial charge < -0.3 is 24.0 Å². The summed E-state index contributed by atoms with van der Waals surface area (Å²) in [4.78, 5) is 21.2. The van der Waals surface area contributed by atoms with Gasteiger partial charge in [-0.15, -0.1) is 0 Å². The Bertz CT molecular complexity index is 843. The lowest BCUT2D eigenvalue weighted by atomic mass is 10.0. The van der Waals surface area contributed by atoms with Crippen molar-refractivity contribution in [3.05, 3.63) is 60.0 Å². The standard InChI is InChI=1S/C22H27N3O4/c1-24-10-12-25(13-11-24)18-8-9-21(23-14-18)29-15-17-6-4-5-7-19(17)20(16-27-2)22(26)28-3/h4-9,14,16H,10-13,15H2,1-3H3. The van der Waals surface area contributed by atoms with E-state index in [1.54, 1.807) is 0 Å². The van der Waals surface area contributed by atoms with E-state index in [1.165, 1.54) is 20.5 Å². The van der Waals surface area contributed by atoms with Crippen LogP contribution in [-0.2, 0) is 20.9 Å². The fourth-order valence-corrected chi connectivity index (χ4v) is 3.22. The molecule has 7 nitrogen and oxygen atoms in total. The molecule has 0 saturated carbocycles. The number of carbonyl (C=O) groups is 1. The van der Waals surface area contributed by atoms with E-state index in [1.807, 2.05) is 42.6 Å². The highest BCUT2D eigenvalue weighted by atomic mass is 16.5. The van der Waals surface area contributed by atoms with Crippen LogP contribution < -0.4 is 9.64 Å². The molecule has 0 bridgehead atoms. The van der Waals surface area contributed by atoms with E-state index in [0.29, 0.717) is 17.0 Å². The molecule has 0 radical (unpaired) electrons. The first-order chi connectivity index (χ1) is 14.1. The third-order valence-electron chi connectivity index (χ3n) is 4.91. The van der Waals surface area contributed by atoms with E-state index in [2.05, 4.69) is 21.8 Å². The first kappa shape index (κ1) is 20.7. The Balaban J connectivity index is 1.69. The molecule has 0 aliphatic carbocycles. The van der Waals surface area contributed by atoms with Crippen molar-refractivity contribution in [3.8, 4) is 5.88 Å². The van der Waals surface area contributed by atoms with Gasteiger partial charge in [-0.2, -0.15) is 0 Å². The van der Waals surface area contributed by atoms with Crippen molar-refractivity contribution in [1.82, 2.24) is 9.88 Å². The number of benzene rings is 1. The highest BCUT2D eigenvalue weighted by Crippen LogP contribution is 2.23. The quantitative estimate of drug-likeness (QED) is 0.404. The molecule has 154 valence electrons. The predicted molar refractivity (Wildman–Crippen MR) is 112 cm³/mol. The van der Waals surface area contributed by atoms with Crippen molar-refractivity contribution in [2.75, 3.05) is 52.3 Å². The molecule has 0 atom stereocenters. The summed E-state index contributed by atoms with van der Waals surface area (Å²) in [6, 6.07) is 11.4. The number of hydrogen-bond donors (Lipinski definition) is 0. The van der Waals surface area contributed by atoms with Gasteiger partial charge in [0.2, 0.25) is 5.88 Å². The second-order valence-electron chi connectivity index (χ2n) is 6.85. The number of esters is 1. The highest BCUT2D eigenvalue weighted by Gasteiger charge is 2.17. The number of hydrogen-bond acceptors (Lipinski definition) is 7. The van der Waals surface area contributed by atoms with Gasteiger partial charge in [0.15, 0.2) is 0 Å². The van der Waals surface area contributed by atoms with Crippen LogP contribution >= 0.6 is 0 Å².